The summed E-state index contributed by atoms with van der Waals surface area (Å²) in [6.07, 6.45) is 0.639. The van der Waals surface area contributed by atoms with Crippen molar-refractivity contribution in [3.8, 4) is 34.1 Å². The minimum Gasteiger partial charge on any atom is -0.507 e. The SMILES string of the molecule is COc1cc2c(O)cc(OC=O)c(-c3ccccc3)c2c2c1OC(C)(C)C2. The molecule has 3 aromatic carbocycles. The molecular formula is C22H20O5. The van der Waals surface area contributed by atoms with Crippen LogP contribution in [0, 0.1) is 0 Å². The van der Waals surface area contributed by atoms with Crippen LogP contribution in [0.25, 0.3) is 21.9 Å². The van der Waals surface area contributed by atoms with Crippen molar-refractivity contribution in [2.75, 3.05) is 7.11 Å². The van der Waals surface area contributed by atoms with E-state index in [1.54, 1.807) is 13.2 Å². The fourth-order valence-corrected chi connectivity index (χ4v) is 3.78. The summed E-state index contributed by atoms with van der Waals surface area (Å²) in [6.45, 7) is 4.38. The quantitative estimate of drug-likeness (QED) is 0.692. The summed E-state index contributed by atoms with van der Waals surface area (Å²) in [6, 6.07) is 12.9. The zero-order valence-electron chi connectivity index (χ0n) is 15.4. The van der Waals surface area contributed by atoms with E-state index in [0.29, 0.717) is 35.5 Å². The molecular weight excluding hydrogens is 344 g/mol. The Kier molecular flexibility index (Phi) is 3.95. The van der Waals surface area contributed by atoms with Crippen LogP contribution in [0.15, 0.2) is 42.5 Å². The van der Waals surface area contributed by atoms with Crippen molar-refractivity contribution in [2.45, 2.75) is 25.9 Å². The molecule has 1 N–H and O–H groups in total. The maximum absolute atomic E-state index is 11.1. The van der Waals surface area contributed by atoms with Gasteiger partial charge in [0.05, 0.1) is 7.11 Å². The minimum absolute atomic E-state index is 0.0207. The molecule has 0 spiro atoms. The van der Waals surface area contributed by atoms with Crippen LogP contribution in [-0.2, 0) is 11.2 Å². The van der Waals surface area contributed by atoms with E-state index in [4.69, 9.17) is 14.2 Å². The third-order valence-electron chi connectivity index (χ3n) is 4.82. The smallest absolute Gasteiger partial charge is 0.298 e. The first kappa shape index (κ1) is 17.2. The minimum atomic E-state index is -0.408. The average Bonchev–Trinajstić information content (AvgIpc) is 2.97. The van der Waals surface area contributed by atoms with Gasteiger partial charge in [-0.3, -0.25) is 4.79 Å². The summed E-state index contributed by atoms with van der Waals surface area (Å²) in [5.41, 5.74) is 2.15. The highest BCUT2D eigenvalue weighted by atomic mass is 16.5. The van der Waals surface area contributed by atoms with Crippen LogP contribution in [0.1, 0.15) is 19.4 Å². The fraction of sp³-hybridized carbons (Fsp3) is 0.227. The predicted molar refractivity (Wildman–Crippen MR) is 103 cm³/mol. The number of hydrogen-bond donors (Lipinski definition) is 1. The van der Waals surface area contributed by atoms with Crippen LogP contribution in [0.3, 0.4) is 0 Å². The number of ether oxygens (including phenoxy) is 3. The normalized spacial score (nSPS) is 14.5. The number of phenols is 1. The van der Waals surface area contributed by atoms with Gasteiger partial charge in [0.1, 0.15) is 17.1 Å². The van der Waals surface area contributed by atoms with Crippen LogP contribution in [0.5, 0.6) is 23.0 Å². The molecule has 0 amide bonds. The van der Waals surface area contributed by atoms with Crippen molar-refractivity contribution in [1.82, 2.24) is 0 Å². The van der Waals surface area contributed by atoms with Crippen molar-refractivity contribution in [3.63, 3.8) is 0 Å². The topological polar surface area (TPSA) is 65.0 Å². The molecule has 0 saturated heterocycles. The lowest BCUT2D eigenvalue weighted by molar-refractivity contribution is -0.120. The highest BCUT2D eigenvalue weighted by Crippen LogP contribution is 2.52. The first-order chi connectivity index (χ1) is 12.9. The molecule has 0 unspecified atom stereocenters. The lowest BCUT2D eigenvalue weighted by Crippen LogP contribution is -2.24. The Labute approximate surface area is 157 Å². The molecule has 0 fully saturated rings. The molecule has 0 bridgehead atoms. The molecule has 0 aromatic heterocycles. The van der Waals surface area contributed by atoms with Gasteiger partial charge in [-0.05, 0) is 25.5 Å². The first-order valence-corrected chi connectivity index (χ1v) is 8.69. The predicted octanol–water partition coefficient (Wildman–Crippen LogP) is 4.47. The van der Waals surface area contributed by atoms with Crippen LogP contribution in [-0.4, -0.2) is 24.3 Å². The van der Waals surface area contributed by atoms with E-state index in [1.807, 2.05) is 44.2 Å². The highest BCUT2D eigenvalue weighted by molar-refractivity contribution is 6.07. The molecule has 1 aliphatic heterocycles. The molecule has 3 aromatic rings. The van der Waals surface area contributed by atoms with Gasteiger partial charge in [0.15, 0.2) is 11.5 Å². The molecule has 0 aliphatic carbocycles. The molecule has 27 heavy (non-hydrogen) atoms. The van der Waals surface area contributed by atoms with Crippen LogP contribution >= 0.6 is 0 Å². The van der Waals surface area contributed by atoms with E-state index in [1.165, 1.54) is 6.07 Å². The Hall–Kier alpha value is -3.21. The van der Waals surface area contributed by atoms with Gasteiger partial charge < -0.3 is 19.3 Å². The molecule has 5 heteroatoms. The van der Waals surface area contributed by atoms with E-state index >= 15 is 0 Å². The third-order valence-corrected chi connectivity index (χ3v) is 4.82. The Bertz CT molecular complexity index is 1040. The maximum atomic E-state index is 11.1. The van der Waals surface area contributed by atoms with E-state index in [9.17, 15) is 9.90 Å². The molecule has 5 nitrogen and oxygen atoms in total. The van der Waals surface area contributed by atoms with Gasteiger partial charge >= 0.3 is 0 Å². The number of carbonyl (C=O) groups excluding carboxylic acids is 1. The van der Waals surface area contributed by atoms with Crippen molar-refractivity contribution >= 4 is 17.2 Å². The summed E-state index contributed by atoms with van der Waals surface area (Å²) in [4.78, 5) is 11.1. The number of fused-ring (bicyclic) bond motifs is 3. The van der Waals surface area contributed by atoms with Crippen molar-refractivity contribution < 1.29 is 24.1 Å². The number of phenolic OH excluding ortho intramolecular Hbond substituents is 1. The van der Waals surface area contributed by atoms with E-state index in [2.05, 4.69) is 0 Å². The molecule has 138 valence electrons. The second-order valence-corrected chi connectivity index (χ2v) is 7.20. The van der Waals surface area contributed by atoms with Gasteiger partial charge in [0.2, 0.25) is 0 Å². The van der Waals surface area contributed by atoms with E-state index in [-0.39, 0.29) is 5.75 Å². The average molecular weight is 364 g/mol. The van der Waals surface area contributed by atoms with Crippen LogP contribution < -0.4 is 14.2 Å². The number of benzene rings is 3. The highest BCUT2D eigenvalue weighted by Gasteiger charge is 2.36. The Balaban J connectivity index is 2.17. The third kappa shape index (κ3) is 2.76. The number of methoxy groups -OCH3 is 1. The van der Waals surface area contributed by atoms with Gasteiger partial charge in [-0.2, -0.15) is 0 Å². The molecule has 0 saturated carbocycles. The largest absolute Gasteiger partial charge is 0.507 e. The second-order valence-electron chi connectivity index (χ2n) is 7.20. The number of carbonyl (C=O) groups is 1. The summed E-state index contributed by atoms with van der Waals surface area (Å²) >= 11 is 0. The van der Waals surface area contributed by atoms with Crippen LogP contribution in [0.4, 0.5) is 0 Å². The summed E-state index contributed by atoms with van der Waals surface area (Å²) in [5.74, 6) is 1.56. The van der Waals surface area contributed by atoms with Gasteiger partial charge in [-0.25, -0.2) is 0 Å². The van der Waals surface area contributed by atoms with Crippen molar-refractivity contribution in [3.05, 3.63) is 48.0 Å². The zero-order chi connectivity index (χ0) is 19.2. The Morgan fingerprint density at radius 2 is 1.89 bits per heavy atom. The summed E-state index contributed by atoms with van der Waals surface area (Å²) in [5, 5.41) is 12.1. The lowest BCUT2D eigenvalue weighted by Gasteiger charge is -2.18. The molecule has 1 aliphatic rings. The van der Waals surface area contributed by atoms with Gasteiger partial charge in [0, 0.05) is 34.4 Å². The van der Waals surface area contributed by atoms with Gasteiger partial charge in [-0.15, -0.1) is 0 Å². The monoisotopic (exact) mass is 364 g/mol. The van der Waals surface area contributed by atoms with Crippen LogP contribution in [0.2, 0.25) is 0 Å². The molecule has 0 radical (unpaired) electrons. The Morgan fingerprint density at radius 1 is 1.15 bits per heavy atom. The number of rotatable bonds is 4. The van der Waals surface area contributed by atoms with Gasteiger partial charge in [0.25, 0.3) is 6.47 Å². The zero-order valence-corrected chi connectivity index (χ0v) is 15.4. The lowest BCUT2D eigenvalue weighted by atomic mass is 9.89. The Morgan fingerprint density at radius 3 is 2.56 bits per heavy atom. The number of hydrogen-bond acceptors (Lipinski definition) is 5. The molecule has 1 heterocycles. The molecule has 4 rings (SSSR count). The summed E-state index contributed by atoms with van der Waals surface area (Å²) < 4.78 is 16.9. The van der Waals surface area contributed by atoms with Crippen molar-refractivity contribution in [2.24, 2.45) is 0 Å². The molecule has 0 atom stereocenters. The number of aromatic hydroxyl groups is 1. The standard InChI is InChI=1S/C22H20O5/c1-22(2)11-15-20-14(9-18(25-3)21(15)27-22)16(24)10-17(26-12-23)19(20)13-7-5-4-6-8-13/h4-10,12,24H,11H2,1-3H3. The maximum Gasteiger partial charge on any atom is 0.298 e. The summed E-state index contributed by atoms with van der Waals surface area (Å²) in [7, 11) is 1.58. The second kappa shape index (κ2) is 6.20. The van der Waals surface area contributed by atoms with E-state index in [0.717, 1.165) is 22.1 Å². The fourth-order valence-electron chi connectivity index (χ4n) is 3.78. The van der Waals surface area contributed by atoms with Gasteiger partial charge in [-0.1, -0.05) is 30.3 Å². The van der Waals surface area contributed by atoms with E-state index < -0.39 is 5.60 Å². The van der Waals surface area contributed by atoms with Crippen molar-refractivity contribution in [1.29, 1.82) is 0 Å². The first-order valence-electron chi connectivity index (χ1n) is 8.69.